The second-order valence-corrected chi connectivity index (χ2v) is 3.74. The third-order valence-corrected chi connectivity index (χ3v) is 2.46. The minimum Gasteiger partial charge on any atom is -0.467 e. The Morgan fingerprint density at radius 1 is 1.24 bits per heavy atom. The summed E-state index contributed by atoms with van der Waals surface area (Å²) in [4.78, 5) is 0. The quantitative estimate of drug-likeness (QED) is 0.776. The first kappa shape index (κ1) is 11.7. The minimum atomic E-state index is -0.717. The van der Waals surface area contributed by atoms with Crippen molar-refractivity contribution in [2.75, 3.05) is 12.3 Å². The van der Waals surface area contributed by atoms with Crippen LogP contribution in [0.2, 0.25) is 0 Å². The Morgan fingerprint density at radius 3 is 2.76 bits per heavy atom. The van der Waals surface area contributed by atoms with Gasteiger partial charge in [0.05, 0.1) is 12.9 Å². The van der Waals surface area contributed by atoms with E-state index in [1.54, 1.807) is 24.5 Å². The van der Waals surface area contributed by atoms with E-state index in [2.05, 4.69) is 0 Å². The fraction of sp³-hybridized carbons (Fsp3) is 0.231. The molecular weight excluding hydrogens is 218 g/mol. The maximum absolute atomic E-state index is 9.89. The van der Waals surface area contributed by atoms with Crippen LogP contribution in [0, 0.1) is 0 Å². The average Bonchev–Trinajstić information content (AvgIpc) is 2.82. The highest BCUT2D eigenvalue weighted by atomic mass is 16.5. The third kappa shape index (κ3) is 3.09. The van der Waals surface area contributed by atoms with Crippen molar-refractivity contribution < 1.29 is 14.3 Å². The second kappa shape index (κ2) is 5.52. The van der Waals surface area contributed by atoms with Crippen molar-refractivity contribution in [2.45, 2.75) is 12.7 Å². The summed E-state index contributed by atoms with van der Waals surface area (Å²) in [6.07, 6.45) is 0.871. The molecule has 3 N–H and O–H groups in total. The predicted octanol–water partition coefficient (Wildman–Crippen LogP) is 2.11. The van der Waals surface area contributed by atoms with Crippen molar-refractivity contribution in [1.82, 2.24) is 0 Å². The van der Waals surface area contributed by atoms with Gasteiger partial charge < -0.3 is 20.0 Å². The zero-order valence-corrected chi connectivity index (χ0v) is 9.37. The number of rotatable bonds is 5. The monoisotopic (exact) mass is 233 g/mol. The number of aliphatic hydroxyl groups is 1. The lowest BCUT2D eigenvalue weighted by Crippen LogP contribution is -2.09. The predicted molar refractivity (Wildman–Crippen MR) is 64.2 cm³/mol. The van der Waals surface area contributed by atoms with Crippen molar-refractivity contribution in [3.05, 3.63) is 54.0 Å². The number of aliphatic hydroxyl groups excluding tert-OH is 1. The van der Waals surface area contributed by atoms with Gasteiger partial charge in [-0.2, -0.15) is 0 Å². The molecule has 0 aliphatic rings. The first-order valence-electron chi connectivity index (χ1n) is 5.40. The topological polar surface area (TPSA) is 68.6 Å². The maximum Gasteiger partial charge on any atom is 0.129 e. The molecule has 0 saturated heterocycles. The molecule has 1 atom stereocenters. The molecule has 1 unspecified atom stereocenters. The number of hydrogen-bond acceptors (Lipinski definition) is 4. The van der Waals surface area contributed by atoms with Gasteiger partial charge in [-0.3, -0.25) is 0 Å². The van der Waals surface area contributed by atoms with Gasteiger partial charge in [0.1, 0.15) is 18.5 Å². The highest BCUT2D eigenvalue weighted by molar-refractivity contribution is 5.47. The summed E-state index contributed by atoms with van der Waals surface area (Å²) in [6, 6.07) is 10.8. The third-order valence-electron chi connectivity index (χ3n) is 2.46. The molecule has 90 valence electrons. The number of anilines is 1. The Kier molecular flexibility index (Phi) is 3.80. The molecule has 0 amide bonds. The number of hydrogen-bond donors (Lipinski definition) is 2. The van der Waals surface area contributed by atoms with Gasteiger partial charge in [0.25, 0.3) is 0 Å². The van der Waals surface area contributed by atoms with Crippen molar-refractivity contribution in [1.29, 1.82) is 0 Å². The van der Waals surface area contributed by atoms with E-state index in [1.165, 1.54) is 0 Å². The first-order valence-corrected chi connectivity index (χ1v) is 5.40. The Labute approximate surface area is 99.6 Å². The van der Waals surface area contributed by atoms with Crippen LogP contribution < -0.4 is 5.73 Å². The Bertz CT molecular complexity index is 453. The zero-order valence-electron chi connectivity index (χ0n) is 9.37. The van der Waals surface area contributed by atoms with Crippen molar-refractivity contribution >= 4 is 5.69 Å². The van der Waals surface area contributed by atoms with Gasteiger partial charge in [-0.1, -0.05) is 18.2 Å². The largest absolute Gasteiger partial charge is 0.467 e. The summed E-state index contributed by atoms with van der Waals surface area (Å²) in [5.41, 5.74) is 7.01. The summed E-state index contributed by atoms with van der Waals surface area (Å²) in [6.45, 7) is 0.533. The van der Waals surface area contributed by atoms with Gasteiger partial charge in [0, 0.05) is 11.3 Å². The smallest absolute Gasteiger partial charge is 0.129 e. The van der Waals surface area contributed by atoms with Crippen LogP contribution >= 0.6 is 0 Å². The number of furan rings is 1. The molecule has 0 aliphatic carbocycles. The van der Waals surface area contributed by atoms with Crippen LogP contribution in [0.4, 0.5) is 5.69 Å². The van der Waals surface area contributed by atoms with Crippen LogP contribution in [-0.2, 0) is 11.3 Å². The van der Waals surface area contributed by atoms with E-state index >= 15 is 0 Å². The van der Waals surface area contributed by atoms with Crippen LogP contribution in [0.1, 0.15) is 17.4 Å². The molecule has 0 fully saturated rings. The zero-order chi connectivity index (χ0) is 12.1. The van der Waals surface area contributed by atoms with Crippen LogP contribution in [0.25, 0.3) is 0 Å². The van der Waals surface area contributed by atoms with Crippen LogP contribution in [-0.4, -0.2) is 11.7 Å². The van der Waals surface area contributed by atoms with Crippen LogP contribution in [0.5, 0.6) is 0 Å². The van der Waals surface area contributed by atoms with E-state index in [9.17, 15) is 5.11 Å². The lowest BCUT2D eigenvalue weighted by atomic mass is 10.1. The van der Waals surface area contributed by atoms with Crippen LogP contribution in [0.15, 0.2) is 47.1 Å². The highest BCUT2D eigenvalue weighted by Gasteiger charge is 2.10. The molecule has 2 rings (SSSR count). The summed E-state index contributed by atoms with van der Waals surface area (Å²) >= 11 is 0. The van der Waals surface area contributed by atoms with Gasteiger partial charge in [-0.15, -0.1) is 0 Å². The van der Waals surface area contributed by atoms with E-state index < -0.39 is 6.10 Å². The van der Waals surface area contributed by atoms with Gasteiger partial charge in [-0.05, 0) is 18.2 Å². The minimum absolute atomic E-state index is 0.189. The molecule has 4 nitrogen and oxygen atoms in total. The lowest BCUT2D eigenvalue weighted by molar-refractivity contribution is 0.0217. The number of benzene rings is 1. The molecule has 4 heteroatoms. The van der Waals surface area contributed by atoms with Gasteiger partial charge in [-0.25, -0.2) is 0 Å². The Morgan fingerprint density at radius 2 is 2.06 bits per heavy atom. The molecule has 0 spiro atoms. The molecule has 1 heterocycles. The van der Waals surface area contributed by atoms with Gasteiger partial charge in [0.15, 0.2) is 0 Å². The highest BCUT2D eigenvalue weighted by Crippen LogP contribution is 2.20. The van der Waals surface area contributed by atoms with Crippen molar-refractivity contribution in [3.8, 4) is 0 Å². The second-order valence-electron chi connectivity index (χ2n) is 3.74. The van der Waals surface area contributed by atoms with Gasteiger partial charge in [0.2, 0.25) is 0 Å². The Balaban J connectivity index is 1.85. The SMILES string of the molecule is Nc1ccccc1C(O)COCc1ccco1. The summed E-state index contributed by atoms with van der Waals surface area (Å²) in [5, 5.41) is 9.89. The fourth-order valence-corrected chi connectivity index (χ4v) is 1.57. The lowest BCUT2D eigenvalue weighted by Gasteiger charge is -2.13. The van der Waals surface area contributed by atoms with E-state index in [-0.39, 0.29) is 6.61 Å². The summed E-state index contributed by atoms with van der Waals surface area (Å²) in [5.74, 6) is 0.734. The summed E-state index contributed by atoms with van der Waals surface area (Å²) in [7, 11) is 0. The maximum atomic E-state index is 9.89. The number of nitrogens with two attached hydrogens (primary N) is 1. The van der Waals surface area contributed by atoms with E-state index in [0.717, 1.165) is 5.76 Å². The molecular formula is C13H15NO3. The molecule has 0 saturated carbocycles. The van der Waals surface area contributed by atoms with E-state index in [0.29, 0.717) is 17.9 Å². The molecule has 17 heavy (non-hydrogen) atoms. The molecule has 1 aromatic heterocycles. The van der Waals surface area contributed by atoms with E-state index in [1.807, 2.05) is 18.2 Å². The van der Waals surface area contributed by atoms with Gasteiger partial charge >= 0.3 is 0 Å². The molecule has 2 aromatic rings. The molecule has 0 aliphatic heterocycles. The van der Waals surface area contributed by atoms with Crippen molar-refractivity contribution in [2.24, 2.45) is 0 Å². The first-order chi connectivity index (χ1) is 8.27. The fourth-order valence-electron chi connectivity index (χ4n) is 1.57. The number of nitrogen functional groups attached to an aromatic ring is 1. The van der Waals surface area contributed by atoms with Crippen LogP contribution in [0.3, 0.4) is 0 Å². The normalized spacial score (nSPS) is 12.5. The number of para-hydroxylation sites is 1. The molecule has 1 aromatic carbocycles. The van der Waals surface area contributed by atoms with E-state index in [4.69, 9.17) is 14.9 Å². The molecule has 0 radical (unpaired) electrons. The standard InChI is InChI=1S/C13H15NO3/c14-12-6-2-1-5-11(12)13(15)9-16-8-10-4-3-7-17-10/h1-7,13,15H,8-9,14H2. The average molecular weight is 233 g/mol. The Hall–Kier alpha value is -1.78. The molecule has 0 bridgehead atoms. The van der Waals surface area contributed by atoms with Crippen molar-refractivity contribution in [3.63, 3.8) is 0 Å². The number of ether oxygens (including phenoxy) is 1. The summed E-state index contributed by atoms with van der Waals surface area (Å²) < 4.78 is 10.5.